The molecule has 2 aromatic rings. The number of hydrogen-bond acceptors (Lipinski definition) is 5. The molecule has 4 nitrogen and oxygen atoms in total. The van der Waals surface area contributed by atoms with Crippen molar-refractivity contribution in [2.45, 2.75) is 16.5 Å². The summed E-state index contributed by atoms with van der Waals surface area (Å²) in [5.74, 6) is -0.957. The predicted molar refractivity (Wildman–Crippen MR) is 110 cm³/mol. The van der Waals surface area contributed by atoms with Gasteiger partial charge in [0.1, 0.15) is 4.87 Å². The van der Waals surface area contributed by atoms with Gasteiger partial charge in [-0.25, -0.2) is 0 Å². The Labute approximate surface area is 176 Å². The molecule has 1 fully saturated rings. The van der Waals surface area contributed by atoms with Crippen LogP contribution in [0.4, 0.5) is 0 Å². The summed E-state index contributed by atoms with van der Waals surface area (Å²) in [6.07, 6.45) is 0.518. The van der Waals surface area contributed by atoms with E-state index in [1.54, 1.807) is 24.3 Å². The van der Waals surface area contributed by atoms with Crippen molar-refractivity contribution in [3.8, 4) is 0 Å². The topological polar surface area (TPSA) is 69.2 Å². The molecule has 2 aromatic carbocycles. The van der Waals surface area contributed by atoms with Gasteiger partial charge in [-0.2, -0.15) is 0 Å². The first-order chi connectivity index (χ1) is 12.9. The molecule has 1 amide bonds. The minimum absolute atomic E-state index is 0.0466. The molecule has 142 valence electrons. The molecule has 1 heterocycles. The molecule has 3 rings (SSSR count). The van der Waals surface area contributed by atoms with Crippen molar-refractivity contribution in [2.24, 2.45) is 0 Å². The first-order valence-corrected chi connectivity index (χ1v) is 10.9. The lowest BCUT2D eigenvalue weighted by atomic mass is 9.97. The van der Waals surface area contributed by atoms with Gasteiger partial charge in [-0.1, -0.05) is 47.5 Å². The van der Waals surface area contributed by atoms with Crippen LogP contribution in [-0.2, 0) is 14.5 Å². The van der Waals surface area contributed by atoms with E-state index in [4.69, 9.17) is 23.2 Å². The van der Waals surface area contributed by atoms with E-state index in [9.17, 15) is 14.7 Å². The highest BCUT2D eigenvalue weighted by Gasteiger charge is 2.42. The molecule has 0 radical (unpaired) electrons. The predicted octanol–water partition coefficient (Wildman–Crippen LogP) is 3.62. The molecule has 0 spiro atoms. The van der Waals surface area contributed by atoms with Crippen molar-refractivity contribution in [1.29, 1.82) is 0 Å². The Balaban J connectivity index is 1.94. The van der Waals surface area contributed by atoms with E-state index < -0.39 is 10.8 Å². The SMILES string of the molecule is O=C([O-])CS[C@H](C[C@]1(c2ccc(Cl)cc2)NC(=O)CS1)c1ccc(Cl)cc1. The Morgan fingerprint density at radius 3 is 2.26 bits per heavy atom. The van der Waals surface area contributed by atoms with Crippen LogP contribution in [0.2, 0.25) is 10.0 Å². The number of benzene rings is 2. The van der Waals surface area contributed by atoms with Crippen LogP contribution >= 0.6 is 46.7 Å². The highest BCUT2D eigenvalue weighted by molar-refractivity contribution is 8.01. The summed E-state index contributed by atoms with van der Waals surface area (Å²) in [5, 5.41) is 15.2. The zero-order valence-electron chi connectivity index (χ0n) is 14.1. The number of carboxylic acid groups (broad SMARTS) is 1. The summed E-state index contributed by atoms with van der Waals surface area (Å²) in [6, 6.07) is 14.7. The van der Waals surface area contributed by atoms with E-state index in [-0.39, 0.29) is 16.9 Å². The maximum atomic E-state index is 12.0. The van der Waals surface area contributed by atoms with Crippen molar-refractivity contribution in [2.75, 3.05) is 11.5 Å². The van der Waals surface area contributed by atoms with Gasteiger partial charge in [0.25, 0.3) is 0 Å². The van der Waals surface area contributed by atoms with Crippen LogP contribution in [0.15, 0.2) is 48.5 Å². The number of nitrogens with one attached hydrogen (secondary N) is 1. The number of rotatable bonds is 7. The number of carbonyl (C=O) groups is 2. The normalized spacial score (nSPS) is 20.3. The summed E-state index contributed by atoms with van der Waals surface area (Å²) in [5.41, 5.74) is 1.87. The number of hydrogen-bond donors (Lipinski definition) is 1. The smallest absolute Gasteiger partial charge is 0.231 e. The monoisotopic (exact) mass is 440 g/mol. The first kappa shape index (κ1) is 20.4. The van der Waals surface area contributed by atoms with Gasteiger partial charge in [-0.3, -0.25) is 4.79 Å². The Morgan fingerprint density at radius 1 is 1.15 bits per heavy atom. The van der Waals surface area contributed by atoms with Gasteiger partial charge in [0, 0.05) is 27.5 Å². The summed E-state index contributed by atoms with van der Waals surface area (Å²) in [7, 11) is 0. The zero-order chi connectivity index (χ0) is 19.4. The third-order valence-corrected chi connectivity index (χ3v) is 7.37. The van der Waals surface area contributed by atoms with Crippen LogP contribution in [0.5, 0.6) is 0 Å². The summed E-state index contributed by atoms with van der Waals surface area (Å²) < 4.78 is 0. The van der Waals surface area contributed by atoms with Gasteiger partial charge >= 0.3 is 0 Å². The third-order valence-electron chi connectivity index (χ3n) is 4.22. The van der Waals surface area contributed by atoms with E-state index in [0.29, 0.717) is 22.2 Å². The van der Waals surface area contributed by atoms with Crippen LogP contribution in [0.25, 0.3) is 0 Å². The Bertz CT molecular complexity index is 830. The number of amides is 1. The molecule has 1 saturated heterocycles. The standard InChI is InChI=1S/C19H17Cl2NO3S2/c20-14-5-1-12(2-6-14)16(26-11-18(24)25)9-19(22-17(23)10-27-19)13-3-7-15(21)8-4-13/h1-8,16H,9-11H2,(H,22,23)(H,24,25)/p-1/t16-,19+/m1/s1. The summed E-state index contributed by atoms with van der Waals surface area (Å²) in [6.45, 7) is 0. The fourth-order valence-corrected chi connectivity index (χ4v) is 5.60. The Kier molecular flexibility index (Phi) is 6.63. The van der Waals surface area contributed by atoms with E-state index >= 15 is 0 Å². The highest BCUT2D eigenvalue weighted by Crippen LogP contribution is 2.48. The van der Waals surface area contributed by atoms with Crippen LogP contribution in [0.3, 0.4) is 0 Å². The molecule has 1 N–H and O–H groups in total. The molecule has 0 saturated carbocycles. The fourth-order valence-electron chi connectivity index (χ4n) is 2.97. The quantitative estimate of drug-likeness (QED) is 0.711. The van der Waals surface area contributed by atoms with Gasteiger partial charge in [0.2, 0.25) is 5.91 Å². The molecular formula is C19H16Cl2NO3S2-. The van der Waals surface area contributed by atoms with E-state index in [2.05, 4.69) is 5.32 Å². The van der Waals surface area contributed by atoms with Crippen molar-refractivity contribution in [3.05, 3.63) is 69.7 Å². The average molecular weight is 441 g/mol. The molecule has 2 atom stereocenters. The number of carbonyl (C=O) groups excluding carboxylic acids is 2. The summed E-state index contributed by atoms with van der Waals surface area (Å²) >= 11 is 14.8. The molecule has 27 heavy (non-hydrogen) atoms. The number of carboxylic acids is 1. The van der Waals surface area contributed by atoms with Crippen LogP contribution in [0.1, 0.15) is 22.8 Å². The Morgan fingerprint density at radius 2 is 1.74 bits per heavy atom. The first-order valence-electron chi connectivity index (χ1n) is 8.16. The van der Waals surface area contributed by atoms with Gasteiger partial charge in [0.15, 0.2) is 0 Å². The number of aliphatic carboxylic acids is 1. The zero-order valence-corrected chi connectivity index (χ0v) is 17.3. The molecule has 0 aromatic heterocycles. The highest BCUT2D eigenvalue weighted by atomic mass is 35.5. The number of halogens is 2. The van der Waals surface area contributed by atoms with E-state index in [1.165, 1.54) is 23.5 Å². The molecule has 1 aliphatic rings. The number of thioether (sulfide) groups is 2. The fraction of sp³-hybridized carbons (Fsp3) is 0.263. The second-order valence-electron chi connectivity index (χ2n) is 6.10. The Hall–Kier alpha value is -1.34. The van der Waals surface area contributed by atoms with Gasteiger partial charge < -0.3 is 15.2 Å². The maximum Gasteiger partial charge on any atom is 0.231 e. The molecule has 8 heteroatoms. The van der Waals surface area contributed by atoms with Crippen molar-refractivity contribution < 1.29 is 14.7 Å². The lowest BCUT2D eigenvalue weighted by molar-refractivity contribution is -0.301. The summed E-state index contributed by atoms with van der Waals surface area (Å²) in [4.78, 5) is 22.4. The lowest BCUT2D eigenvalue weighted by Gasteiger charge is -2.33. The molecule has 0 unspecified atom stereocenters. The minimum atomic E-state index is -1.12. The van der Waals surface area contributed by atoms with Crippen molar-refractivity contribution >= 4 is 58.6 Å². The van der Waals surface area contributed by atoms with Crippen molar-refractivity contribution in [3.63, 3.8) is 0 Å². The van der Waals surface area contributed by atoms with E-state index in [1.807, 2.05) is 24.3 Å². The van der Waals surface area contributed by atoms with E-state index in [0.717, 1.165) is 11.1 Å². The largest absolute Gasteiger partial charge is 0.549 e. The second kappa shape index (κ2) is 8.78. The van der Waals surface area contributed by atoms with Crippen LogP contribution in [-0.4, -0.2) is 23.4 Å². The molecule has 0 aliphatic carbocycles. The molecule has 1 aliphatic heterocycles. The van der Waals surface area contributed by atoms with Crippen LogP contribution < -0.4 is 10.4 Å². The second-order valence-corrected chi connectivity index (χ2v) is 9.44. The van der Waals surface area contributed by atoms with Crippen molar-refractivity contribution in [1.82, 2.24) is 5.32 Å². The maximum absolute atomic E-state index is 12.0. The average Bonchev–Trinajstić information content (AvgIpc) is 3.01. The van der Waals surface area contributed by atoms with Gasteiger partial charge in [0.05, 0.1) is 11.7 Å². The van der Waals surface area contributed by atoms with Crippen LogP contribution in [0, 0.1) is 0 Å². The molecular weight excluding hydrogens is 425 g/mol. The minimum Gasteiger partial charge on any atom is -0.549 e. The lowest BCUT2D eigenvalue weighted by Crippen LogP contribution is -2.38. The van der Waals surface area contributed by atoms with Gasteiger partial charge in [-0.05, 0) is 35.4 Å². The third kappa shape index (κ3) is 5.13. The van der Waals surface area contributed by atoms with Gasteiger partial charge in [-0.15, -0.1) is 23.5 Å². The molecule has 0 bridgehead atoms.